The lowest BCUT2D eigenvalue weighted by molar-refractivity contribution is 0.284. The van der Waals surface area contributed by atoms with Gasteiger partial charge in [-0.25, -0.2) is 12.7 Å². The highest BCUT2D eigenvalue weighted by atomic mass is 32.2. The molecule has 0 aliphatic carbocycles. The predicted molar refractivity (Wildman–Crippen MR) is 71.6 cm³/mol. The smallest absolute Gasteiger partial charge is 0.219 e. The number of sulfonamides is 1. The van der Waals surface area contributed by atoms with E-state index in [0.717, 1.165) is 25.8 Å². The fourth-order valence-electron chi connectivity index (χ4n) is 2.04. The zero-order valence-corrected chi connectivity index (χ0v) is 12.3. The minimum atomic E-state index is -3.14. The van der Waals surface area contributed by atoms with Crippen LogP contribution in [-0.4, -0.2) is 43.1 Å². The molecule has 0 radical (unpaired) electrons. The predicted octanol–water partition coefficient (Wildman–Crippen LogP) is 1.58. The lowest BCUT2D eigenvalue weighted by atomic mass is 10.1. The van der Waals surface area contributed by atoms with E-state index in [2.05, 4.69) is 12.2 Å². The van der Waals surface area contributed by atoms with Crippen molar-refractivity contribution in [3.8, 4) is 0 Å². The highest BCUT2D eigenvalue weighted by Gasteiger charge is 2.36. The van der Waals surface area contributed by atoms with Gasteiger partial charge in [0.1, 0.15) is 0 Å². The van der Waals surface area contributed by atoms with Crippen LogP contribution in [0.15, 0.2) is 0 Å². The first-order valence-corrected chi connectivity index (χ1v) is 7.96. The van der Waals surface area contributed by atoms with Gasteiger partial charge in [-0.1, -0.05) is 6.92 Å². The van der Waals surface area contributed by atoms with Gasteiger partial charge >= 0.3 is 0 Å². The van der Waals surface area contributed by atoms with Crippen LogP contribution in [0.4, 0.5) is 0 Å². The third kappa shape index (κ3) is 3.66. The second-order valence-electron chi connectivity index (χ2n) is 5.74. The van der Waals surface area contributed by atoms with Crippen molar-refractivity contribution in [2.24, 2.45) is 0 Å². The van der Waals surface area contributed by atoms with E-state index >= 15 is 0 Å². The Kier molecular flexibility index (Phi) is 4.98. The van der Waals surface area contributed by atoms with Crippen molar-refractivity contribution >= 4 is 10.0 Å². The molecule has 0 atom stereocenters. The Morgan fingerprint density at radius 1 is 1.24 bits per heavy atom. The molecule has 1 aliphatic heterocycles. The van der Waals surface area contributed by atoms with E-state index in [4.69, 9.17) is 0 Å². The van der Waals surface area contributed by atoms with E-state index in [1.807, 2.05) is 0 Å². The molecule has 1 N–H and O–H groups in total. The number of nitrogens with one attached hydrogen (secondary N) is 1. The van der Waals surface area contributed by atoms with Gasteiger partial charge in [0.05, 0.1) is 4.75 Å². The van der Waals surface area contributed by atoms with Gasteiger partial charge in [-0.15, -0.1) is 0 Å². The third-order valence-corrected chi connectivity index (χ3v) is 5.84. The van der Waals surface area contributed by atoms with E-state index < -0.39 is 14.8 Å². The maximum Gasteiger partial charge on any atom is 0.219 e. The number of hydrogen-bond donors (Lipinski definition) is 1. The summed E-state index contributed by atoms with van der Waals surface area (Å²) in [6.45, 7) is 9.78. The van der Waals surface area contributed by atoms with Gasteiger partial charge in [0.15, 0.2) is 0 Å². The van der Waals surface area contributed by atoms with Crippen LogP contribution in [0.1, 0.15) is 47.0 Å². The van der Waals surface area contributed by atoms with Crippen LogP contribution >= 0.6 is 0 Å². The largest absolute Gasteiger partial charge is 0.314 e. The molecule has 1 rings (SSSR count). The van der Waals surface area contributed by atoms with E-state index in [-0.39, 0.29) is 0 Å². The summed E-state index contributed by atoms with van der Waals surface area (Å²) in [5.41, 5.74) is 0. The molecule has 0 aromatic heterocycles. The molecular weight excluding hydrogens is 236 g/mol. The van der Waals surface area contributed by atoms with Crippen molar-refractivity contribution in [2.45, 2.75) is 57.7 Å². The Morgan fingerprint density at radius 2 is 1.76 bits per heavy atom. The molecule has 102 valence electrons. The molecule has 0 aromatic rings. The van der Waals surface area contributed by atoms with Crippen molar-refractivity contribution in [3.05, 3.63) is 0 Å². The molecule has 1 heterocycles. The number of piperidine rings is 1. The minimum absolute atomic E-state index is 0.487. The molecule has 0 aromatic carbocycles. The summed E-state index contributed by atoms with van der Waals surface area (Å²) in [5.74, 6) is 0. The number of rotatable bonds is 4. The van der Waals surface area contributed by atoms with Gasteiger partial charge in [-0.3, -0.25) is 0 Å². The molecular formula is C12H26N2O2S. The van der Waals surface area contributed by atoms with E-state index in [1.54, 1.807) is 25.1 Å². The summed E-state index contributed by atoms with van der Waals surface area (Å²) in [6, 6.07) is 0.487. The van der Waals surface area contributed by atoms with Crippen LogP contribution in [0, 0.1) is 0 Å². The van der Waals surface area contributed by atoms with E-state index in [1.165, 1.54) is 0 Å². The van der Waals surface area contributed by atoms with Gasteiger partial charge in [0.2, 0.25) is 10.0 Å². The molecule has 0 saturated carbocycles. The van der Waals surface area contributed by atoms with E-state index in [9.17, 15) is 8.42 Å². The standard InChI is InChI=1S/C12H26N2O2S/c1-5-8-13-11-6-9-14(10-7-11)17(15,16)12(2,3)4/h11,13H,5-10H2,1-4H3. The zero-order chi connectivity index (χ0) is 13.1. The van der Waals surface area contributed by atoms with Gasteiger partial charge in [0, 0.05) is 19.1 Å². The quantitative estimate of drug-likeness (QED) is 0.837. The Labute approximate surface area is 106 Å². The van der Waals surface area contributed by atoms with Crippen LogP contribution in [0.3, 0.4) is 0 Å². The molecule has 1 aliphatic rings. The summed E-state index contributed by atoms with van der Waals surface area (Å²) in [7, 11) is -3.14. The highest BCUT2D eigenvalue weighted by molar-refractivity contribution is 7.90. The van der Waals surface area contributed by atoms with Crippen LogP contribution < -0.4 is 5.32 Å². The highest BCUT2D eigenvalue weighted by Crippen LogP contribution is 2.23. The molecule has 1 fully saturated rings. The van der Waals surface area contributed by atoms with Gasteiger partial charge < -0.3 is 5.32 Å². The summed E-state index contributed by atoms with van der Waals surface area (Å²) >= 11 is 0. The molecule has 0 amide bonds. The monoisotopic (exact) mass is 262 g/mol. The Morgan fingerprint density at radius 3 is 2.18 bits per heavy atom. The molecule has 5 heteroatoms. The Hall–Kier alpha value is -0.130. The summed E-state index contributed by atoms with van der Waals surface area (Å²) in [6.07, 6.45) is 2.98. The lowest BCUT2D eigenvalue weighted by Crippen LogP contribution is -2.49. The summed E-state index contributed by atoms with van der Waals surface area (Å²) in [5, 5.41) is 3.46. The minimum Gasteiger partial charge on any atom is -0.314 e. The summed E-state index contributed by atoms with van der Waals surface area (Å²) < 4.78 is 25.4. The molecule has 1 saturated heterocycles. The summed E-state index contributed by atoms with van der Waals surface area (Å²) in [4.78, 5) is 0. The first kappa shape index (κ1) is 14.9. The van der Waals surface area contributed by atoms with Crippen LogP contribution in [-0.2, 0) is 10.0 Å². The van der Waals surface area contributed by atoms with Crippen LogP contribution in [0.25, 0.3) is 0 Å². The maximum atomic E-state index is 12.2. The van der Waals surface area contributed by atoms with Crippen molar-refractivity contribution in [1.82, 2.24) is 9.62 Å². The zero-order valence-electron chi connectivity index (χ0n) is 11.5. The first-order chi connectivity index (χ1) is 7.79. The average molecular weight is 262 g/mol. The van der Waals surface area contributed by atoms with Crippen molar-refractivity contribution in [1.29, 1.82) is 0 Å². The fourth-order valence-corrected chi connectivity index (χ4v) is 3.50. The van der Waals surface area contributed by atoms with Crippen molar-refractivity contribution < 1.29 is 8.42 Å². The molecule has 0 unspecified atom stereocenters. The number of nitrogens with zero attached hydrogens (tertiary/aromatic N) is 1. The van der Waals surface area contributed by atoms with Crippen molar-refractivity contribution in [3.63, 3.8) is 0 Å². The maximum absolute atomic E-state index is 12.2. The molecule has 4 nitrogen and oxygen atoms in total. The normalized spacial score (nSPS) is 20.7. The molecule has 17 heavy (non-hydrogen) atoms. The number of hydrogen-bond acceptors (Lipinski definition) is 3. The SMILES string of the molecule is CCCNC1CCN(S(=O)(=O)C(C)(C)C)CC1. The molecule has 0 bridgehead atoms. The van der Waals surface area contributed by atoms with Crippen LogP contribution in [0.2, 0.25) is 0 Å². The first-order valence-electron chi connectivity index (χ1n) is 6.52. The lowest BCUT2D eigenvalue weighted by Gasteiger charge is -2.35. The van der Waals surface area contributed by atoms with Gasteiger partial charge in [-0.2, -0.15) is 0 Å². The Bertz CT molecular complexity index is 325. The second kappa shape index (κ2) is 5.67. The third-order valence-electron chi connectivity index (χ3n) is 3.25. The van der Waals surface area contributed by atoms with Crippen LogP contribution in [0.5, 0.6) is 0 Å². The van der Waals surface area contributed by atoms with E-state index in [0.29, 0.717) is 19.1 Å². The second-order valence-corrected chi connectivity index (χ2v) is 8.44. The van der Waals surface area contributed by atoms with Gasteiger partial charge in [0.25, 0.3) is 0 Å². The topological polar surface area (TPSA) is 49.4 Å². The Balaban J connectivity index is 2.53. The molecule has 0 spiro atoms. The average Bonchev–Trinajstić information content (AvgIpc) is 2.25. The fraction of sp³-hybridized carbons (Fsp3) is 1.00. The van der Waals surface area contributed by atoms with Crippen molar-refractivity contribution in [2.75, 3.05) is 19.6 Å². The van der Waals surface area contributed by atoms with Gasteiger partial charge in [-0.05, 0) is 46.6 Å².